The third-order valence-corrected chi connectivity index (χ3v) is 5.74. The van der Waals surface area contributed by atoms with E-state index in [0.717, 1.165) is 25.7 Å². The normalized spacial score (nSPS) is 22.1. The van der Waals surface area contributed by atoms with Gasteiger partial charge in [0, 0.05) is 12.0 Å². The third kappa shape index (κ3) is 5.39. The molecule has 1 aliphatic carbocycles. The number of rotatable bonds is 6. The lowest BCUT2D eigenvalue weighted by atomic mass is 9.68. The summed E-state index contributed by atoms with van der Waals surface area (Å²) in [5.41, 5.74) is 1.66. The smallest absolute Gasteiger partial charge is 0.255 e. The number of amides is 1. The molecule has 0 spiro atoms. The fraction of sp³-hybridized carbons (Fsp3) is 0.480. The Labute approximate surface area is 174 Å². The molecule has 0 atom stereocenters. The highest BCUT2D eigenvalue weighted by Crippen LogP contribution is 2.41. The summed E-state index contributed by atoms with van der Waals surface area (Å²) in [6.07, 6.45) is 4.25. The summed E-state index contributed by atoms with van der Waals surface area (Å²) in [5.74, 6) is 0.506. The van der Waals surface area contributed by atoms with Gasteiger partial charge in [-0.25, -0.2) is 0 Å². The van der Waals surface area contributed by atoms with Crippen LogP contribution in [0, 0.1) is 0 Å². The first-order chi connectivity index (χ1) is 13.8. The number of benzene rings is 2. The van der Waals surface area contributed by atoms with Crippen LogP contribution in [-0.4, -0.2) is 31.3 Å². The zero-order valence-electron chi connectivity index (χ0n) is 18.0. The maximum atomic E-state index is 12.9. The molecule has 0 heterocycles. The fourth-order valence-electron chi connectivity index (χ4n) is 4.30. The van der Waals surface area contributed by atoms with Crippen molar-refractivity contribution in [2.45, 2.75) is 63.6 Å². The third-order valence-electron chi connectivity index (χ3n) is 5.74. The molecule has 0 bridgehead atoms. The van der Waals surface area contributed by atoms with Gasteiger partial charge in [0.1, 0.15) is 5.75 Å². The zero-order valence-corrected chi connectivity index (χ0v) is 18.0. The molecule has 1 fully saturated rings. The standard InChI is InChI=1S/C25H33NO3/c1-24(2,3)29-20-14-16-25(17-15-20,19-10-6-5-7-11-19)18-26-23(27)21-12-8-9-13-22(21)28-4/h5-13,20H,14-18H2,1-4H3,(H,26,27)/t20-,25+. The van der Waals surface area contributed by atoms with Crippen LogP contribution in [0.25, 0.3) is 0 Å². The van der Waals surface area contributed by atoms with Crippen LogP contribution in [0.15, 0.2) is 54.6 Å². The van der Waals surface area contributed by atoms with Crippen LogP contribution < -0.4 is 10.1 Å². The molecule has 1 amide bonds. The molecule has 1 saturated carbocycles. The van der Waals surface area contributed by atoms with E-state index in [1.54, 1.807) is 13.2 Å². The second-order valence-electron chi connectivity index (χ2n) is 8.96. The van der Waals surface area contributed by atoms with Crippen molar-refractivity contribution in [3.8, 4) is 5.75 Å². The quantitative estimate of drug-likeness (QED) is 0.738. The first-order valence-electron chi connectivity index (χ1n) is 10.5. The van der Waals surface area contributed by atoms with Crippen molar-refractivity contribution in [2.75, 3.05) is 13.7 Å². The number of hydrogen-bond donors (Lipinski definition) is 1. The van der Waals surface area contributed by atoms with Crippen molar-refractivity contribution in [1.29, 1.82) is 0 Å². The molecule has 2 aromatic carbocycles. The molecule has 4 heteroatoms. The minimum atomic E-state index is -0.129. The molecule has 0 aromatic heterocycles. The molecule has 1 aliphatic rings. The molecule has 0 unspecified atom stereocenters. The maximum Gasteiger partial charge on any atom is 0.255 e. The van der Waals surface area contributed by atoms with Crippen LogP contribution in [0.5, 0.6) is 5.75 Å². The van der Waals surface area contributed by atoms with Gasteiger partial charge in [-0.2, -0.15) is 0 Å². The molecule has 1 N–H and O–H groups in total. The Kier molecular flexibility index (Phi) is 6.63. The van der Waals surface area contributed by atoms with Crippen LogP contribution >= 0.6 is 0 Å². The van der Waals surface area contributed by atoms with E-state index in [0.29, 0.717) is 17.9 Å². The van der Waals surface area contributed by atoms with Crippen molar-refractivity contribution in [1.82, 2.24) is 5.32 Å². The van der Waals surface area contributed by atoms with Crippen molar-refractivity contribution in [3.05, 3.63) is 65.7 Å². The van der Waals surface area contributed by atoms with Crippen molar-refractivity contribution >= 4 is 5.91 Å². The molecule has 2 aromatic rings. The van der Waals surface area contributed by atoms with Crippen molar-refractivity contribution in [2.24, 2.45) is 0 Å². The van der Waals surface area contributed by atoms with Gasteiger partial charge in [-0.05, 0) is 64.2 Å². The van der Waals surface area contributed by atoms with Gasteiger partial charge in [0.25, 0.3) is 5.91 Å². The van der Waals surface area contributed by atoms with E-state index < -0.39 is 0 Å². The molecule has 3 rings (SSSR count). The Balaban J connectivity index is 1.75. The van der Waals surface area contributed by atoms with Crippen LogP contribution in [0.3, 0.4) is 0 Å². The van der Waals surface area contributed by atoms with E-state index in [-0.39, 0.29) is 23.0 Å². The average Bonchev–Trinajstić information content (AvgIpc) is 2.73. The van der Waals surface area contributed by atoms with E-state index in [9.17, 15) is 4.79 Å². The van der Waals surface area contributed by atoms with Gasteiger partial charge in [-0.15, -0.1) is 0 Å². The predicted octanol–water partition coefficient (Wildman–Crippen LogP) is 5.12. The summed E-state index contributed by atoms with van der Waals surface area (Å²) in [6.45, 7) is 6.94. The highest BCUT2D eigenvalue weighted by atomic mass is 16.5. The SMILES string of the molecule is COc1ccccc1C(=O)NC[C@]1(c2ccccc2)CC[C@@H](OC(C)(C)C)CC1. The number of methoxy groups -OCH3 is 1. The summed E-state index contributed by atoms with van der Waals surface area (Å²) >= 11 is 0. The predicted molar refractivity (Wildman–Crippen MR) is 117 cm³/mol. The van der Waals surface area contributed by atoms with Crippen LogP contribution in [0.1, 0.15) is 62.4 Å². The van der Waals surface area contributed by atoms with Gasteiger partial charge in [-0.3, -0.25) is 4.79 Å². The molecule has 0 aliphatic heterocycles. The second kappa shape index (κ2) is 9.00. The van der Waals surface area contributed by atoms with Gasteiger partial charge in [0.2, 0.25) is 0 Å². The minimum absolute atomic E-state index is 0.0727. The number of nitrogens with one attached hydrogen (secondary N) is 1. The van der Waals surface area contributed by atoms with E-state index in [1.165, 1.54) is 5.56 Å². The van der Waals surface area contributed by atoms with Crippen LogP contribution in [-0.2, 0) is 10.2 Å². The lowest BCUT2D eigenvalue weighted by molar-refractivity contribution is -0.0807. The zero-order chi connectivity index (χ0) is 20.9. The number of para-hydroxylation sites is 1. The van der Waals surface area contributed by atoms with E-state index in [1.807, 2.05) is 24.3 Å². The summed E-state index contributed by atoms with van der Waals surface area (Å²) in [4.78, 5) is 12.9. The summed E-state index contributed by atoms with van der Waals surface area (Å²) in [7, 11) is 1.59. The number of carbonyl (C=O) groups excluding carboxylic acids is 1. The van der Waals surface area contributed by atoms with E-state index in [4.69, 9.17) is 9.47 Å². The second-order valence-corrected chi connectivity index (χ2v) is 8.96. The molecule has 4 nitrogen and oxygen atoms in total. The summed E-state index contributed by atoms with van der Waals surface area (Å²) in [5, 5.41) is 3.19. The van der Waals surface area contributed by atoms with Crippen LogP contribution in [0.2, 0.25) is 0 Å². The van der Waals surface area contributed by atoms with Gasteiger partial charge >= 0.3 is 0 Å². The lowest BCUT2D eigenvalue weighted by Gasteiger charge is -2.42. The largest absolute Gasteiger partial charge is 0.496 e. The maximum absolute atomic E-state index is 12.9. The molecule has 29 heavy (non-hydrogen) atoms. The van der Waals surface area contributed by atoms with Crippen molar-refractivity contribution in [3.63, 3.8) is 0 Å². The van der Waals surface area contributed by atoms with Crippen LogP contribution in [0.4, 0.5) is 0 Å². The Morgan fingerprint density at radius 2 is 1.66 bits per heavy atom. The van der Waals surface area contributed by atoms with Gasteiger partial charge in [0.05, 0.1) is 24.4 Å². The lowest BCUT2D eigenvalue weighted by Crippen LogP contribution is -2.45. The number of carbonyl (C=O) groups is 1. The number of ether oxygens (including phenoxy) is 2. The van der Waals surface area contributed by atoms with Crippen molar-refractivity contribution < 1.29 is 14.3 Å². The van der Waals surface area contributed by atoms with Gasteiger partial charge in [-0.1, -0.05) is 42.5 Å². The molecular formula is C25H33NO3. The average molecular weight is 396 g/mol. The van der Waals surface area contributed by atoms with E-state index >= 15 is 0 Å². The fourth-order valence-corrected chi connectivity index (χ4v) is 4.30. The summed E-state index contributed by atoms with van der Waals surface area (Å²) < 4.78 is 11.6. The Hall–Kier alpha value is -2.33. The molecule has 156 valence electrons. The Bertz CT molecular complexity index is 802. The number of hydrogen-bond acceptors (Lipinski definition) is 3. The Morgan fingerprint density at radius 3 is 2.28 bits per heavy atom. The highest BCUT2D eigenvalue weighted by molar-refractivity contribution is 5.96. The highest BCUT2D eigenvalue weighted by Gasteiger charge is 2.38. The first-order valence-corrected chi connectivity index (χ1v) is 10.5. The molecular weight excluding hydrogens is 362 g/mol. The topological polar surface area (TPSA) is 47.6 Å². The molecule has 0 saturated heterocycles. The van der Waals surface area contributed by atoms with Gasteiger partial charge < -0.3 is 14.8 Å². The minimum Gasteiger partial charge on any atom is -0.496 e. The van der Waals surface area contributed by atoms with E-state index in [2.05, 4.69) is 50.4 Å². The van der Waals surface area contributed by atoms with Gasteiger partial charge in [0.15, 0.2) is 0 Å². The first kappa shape index (κ1) is 21.4. The monoisotopic (exact) mass is 395 g/mol. The summed E-state index contributed by atoms with van der Waals surface area (Å²) in [6, 6.07) is 17.9. The Morgan fingerprint density at radius 1 is 1.03 bits per heavy atom. The molecule has 0 radical (unpaired) electrons.